The molecule has 5 aromatic rings. The van der Waals surface area contributed by atoms with E-state index in [9.17, 15) is 18.5 Å². The van der Waals surface area contributed by atoms with Crippen molar-refractivity contribution >= 4 is 38.2 Å². The van der Waals surface area contributed by atoms with E-state index in [4.69, 9.17) is 4.74 Å². The standard InChI is InChI=1S/C28H20N2O5S2/c1-34-26(31)18-35-20-11-13-21(14-12-20)37(32,33)30-24-10-6-5-9-22(24)27(23-15-16-36-25(23)17-29)28(30)19-7-3-2-4-8-19/h2-16H,18H2,1H3. The third-order valence-corrected chi connectivity index (χ3v) is 8.41. The first-order valence-electron chi connectivity index (χ1n) is 11.2. The van der Waals surface area contributed by atoms with Crippen LogP contribution in [0.1, 0.15) is 4.88 Å². The number of aromatic nitrogens is 1. The minimum Gasteiger partial charge on any atom is -0.482 e. The van der Waals surface area contributed by atoms with Crippen molar-refractivity contribution in [1.82, 2.24) is 3.97 Å². The maximum Gasteiger partial charge on any atom is 0.343 e. The van der Waals surface area contributed by atoms with Crippen molar-refractivity contribution in [2.24, 2.45) is 0 Å². The van der Waals surface area contributed by atoms with Gasteiger partial charge >= 0.3 is 5.97 Å². The van der Waals surface area contributed by atoms with Crippen molar-refractivity contribution in [3.63, 3.8) is 0 Å². The maximum atomic E-state index is 14.2. The van der Waals surface area contributed by atoms with Crippen LogP contribution < -0.4 is 4.74 Å². The molecular formula is C28H20N2O5S2. The molecule has 184 valence electrons. The van der Waals surface area contributed by atoms with Crippen LogP contribution in [0.4, 0.5) is 0 Å². The minimum absolute atomic E-state index is 0.0493. The second-order valence-electron chi connectivity index (χ2n) is 7.99. The lowest BCUT2D eigenvalue weighted by atomic mass is 9.99. The Morgan fingerprint density at radius 1 is 0.973 bits per heavy atom. The van der Waals surface area contributed by atoms with Gasteiger partial charge < -0.3 is 9.47 Å². The molecule has 37 heavy (non-hydrogen) atoms. The number of fused-ring (bicyclic) bond motifs is 1. The molecule has 0 atom stereocenters. The number of ether oxygens (including phenoxy) is 2. The van der Waals surface area contributed by atoms with Crippen molar-refractivity contribution < 1.29 is 22.7 Å². The Morgan fingerprint density at radius 3 is 2.38 bits per heavy atom. The van der Waals surface area contributed by atoms with Crippen molar-refractivity contribution in [2.45, 2.75) is 4.90 Å². The van der Waals surface area contributed by atoms with Crippen molar-refractivity contribution in [3.8, 4) is 34.2 Å². The van der Waals surface area contributed by atoms with Crippen LogP contribution >= 0.6 is 11.3 Å². The van der Waals surface area contributed by atoms with Crippen LogP contribution in [0, 0.1) is 11.3 Å². The summed E-state index contributed by atoms with van der Waals surface area (Å²) in [6, 6.07) is 26.5. The Kier molecular flexibility index (Phi) is 6.53. The molecular weight excluding hydrogens is 508 g/mol. The van der Waals surface area contributed by atoms with E-state index in [0.717, 1.165) is 5.39 Å². The summed E-state index contributed by atoms with van der Waals surface area (Å²) in [5.41, 5.74) is 3.04. The number of para-hydroxylation sites is 1. The highest BCUT2D eigenvalue weighted by atomic mass is 32.2. The fourth-order valence-corrected chi connectivity index (χ4v) is 6.43. The summed E-state index contributed by atoms with van der Waals surface area (Å²) >= 11 is 1.31. The first kappa shape index (κ1) is 24.3. The number of hydrogen-bond donors (Lipinski definition) is 0. The van der Waals surface area contributed by atoms with Gasteiger partial charge in [0.2, 0.25) is 0 Å². The summed E-state index contributed by atoms with van der Waals surface area (Å²) in [5.74, 6) is -0.205. The molecule has 0 saturated carbocycles. The lowest BCUT2D eigenvalue weighted by Crippen LogP contribution is -2.15. The number of rotatable bonds is 7. The van der Waals surface area contributed by atoms with Crippen LogP contribution in [0.3, 0.4) is 0 Å². The lowest BCUT2D eigenvalue weighted by Gasteiger charge is -2.14. The van der Waals surface area contributed by atoms with E-state index in [1.165, 1.54) is 46.7 Å². The minimum atomic E-state index is -4.10. The fraction of sp³-hybridized carbons (Fsp3) is 0.0714. The SMILES string of the molecule is COC(=O)COc1ccc(S(=O)(=O)n2c(-c3ccccc3)c(-c3ccsc3C#N)c3ccccc32)cc1. The highest BCUT2D eigenvalue weighted by Crippen LogP contribution is 2.44. The Hall–Kier alpha value is -4.39. The van der Waals surface area contributed by atoms with E-state index >= 15 is 0 Å². The van der Waals surface area contributed by atoms with Crippen LogP contribution in [0.25, 0.3) is 33.3 Å². The van der Waals surface area contributed by atoms with Gasteiger partial charge in [-0.2, -0.15) is 5.26 Å². The van der Waals surface area contributed by atoms with E-state index in [1.54, 1.807) is 12.1 Å². The molecule has 9 heteroatoms. The first-order chi connectivity index (χ1) is 18.0. The van der Waals surface area contributed by atoms with Crippen LogP contribution in [0.2, 0.25) is 0 Å². The van der Waals surface area contributed by atoms with Crippen LogP contribution in [0.5, 0.6) is 5.75 Å². The molecule has 0 aliphatic heterocycles. The smallest absolute Gasteiger partial charge is 0.343 e. The molecule has 0 aliphatic carbocycles. The van der Waals surface area contributed by atoms with Crippen LogP contribution in [-0.2, 0) is 19.6 Å². The number of nitriles is 1. The van der Waals surface area contributed by atoms with E-state index in [1.807, 2.05) is 53.9 Å². The van der Waals surface area contributed by atoms with Gasteiger partial charge in [0.15, 0.2) is 6.61 Å². The maximum absolute atomic E-state index is 14.2. The predicted molar refractivity (Wildman–Crippen MR) is 142 cm³/mol. The van der Waals surface area contributed by atoms with Crippen molar-refractivity contribution in [1.29, 1.82) is 5.26 Å². The highest BCUT2D eigenvalue weighted by Gasteiger charge is 2.29. The molecule has 0 amide bonds. The second kappa shape index (κ2) is 9.93. The van der Waals surface area contributed by atoms with Gasteiger partial charge in [0.05, 0.1) is 23.2 Å². The van der Waals surface area contributed by atoms with Gasteiger partial charge in [-0.25, -0.2) is 17.2 Å². The summed E-state index contributed by atoms with van der Waals surface area (Å²) in [6.45, 7) is -0.284. The molecule has 0 bridgehead atoms. The zero-order chi connectivity index (χ0) is 26.0. The summed E-state index contributed by atoms with van der Waals surface area (Å²) in [5, 5.41) is 12.3. The first-order valence-corrected chi connectivity index (χ1v) is 13.5. The molecule has 0 radical (unpaired) electrons. The number of carbonyl (C=O) groups is 1. The van der Waals surface area contributed by atoms with Gasteiger partial charge in [0.25, 0.3) is 10.0 Å². The molecule has 2 heterocycles. The largest absolute Gasteiger partial charge is 0.482 e. The number of esters is 1. The number of benzene rings is 3. The van der Waals surface area contributed by atoms with Gasteiger partial charge in [-0.1, -0.05) is 48.5 Å². The van der Waals surface area contributed by atoms with Crippen LogP contribution in [0.15, 0.2) is 95.2 Å². The molecule has 0 N–H and O–H groups in total. The topological polar surface area (TPSA) is 98.4 Å². The van der Waals surface area contributed by atoms with Gasteiger partial charge in [-0.15, -0.1) is 11.3 Å². The predicted octanol–water partition coefficient (Wildman–Crippen LogP) is 5.70. The molecule has 3 aromatic carbocycles. The molecule has 0 fully saturated rings. The molecule has 0 aliphatic rings. The number of methoxy groups -OCH3 is 1. The monoisotopic (exact) mass is 528 g/mol. The molecule has 7 nitrogen and oxygen atoms in total. The highest BCUT2D eigenvalue weighted by molar-refractivity contribution is 7.90. The molecule has 0 spiro atoms. The van der Waals surface area contributed by atoms with Crippen LogP contribution in [-0.4, -0.2) is 32.1 Å². The average molecular weight is 529 g/mol. The third-order valence-electron chi connectivity index (χ3n) is 5.86. The summed E-state index contributed by atoms with van der Waals surface area (Å²) < 4.78 is 39.7. The molecule has 0 unspecified atom stereocenters. The van der Waals surface area contributed by atoms with E-state index in [0.29, 0.717) is 38.5 Å². The lowest BCUT2D eigenvalue weighted by molar-refractivity contribution is -0.142. The Labute approximate surface area is 217 Å². The Bertz CT molecular complexity index is 1750. The number of hydrogen-bond acceptors (Lipinski definition) is 7. The third kappa shape index (κ3) is 4.37. The molecule has 2 aromatic heterocycles. The Morgan fingerprint density at radius 2 is 1.68 bits per heavy atom. The number of thiophene rings is 1. The van der Waals surface area contributed by atoms with E-state index < -0.39 is 16.0 Å². The summed E-state index contributed by atoms with van der Waals surface area (Å²) in [6.07, 6.45) is 0. The van der Waals surface area contributed by atoms with Crippen molar-refractivity contribution in [3.05, 3.63) is 95.2 Å². The quantitative estimate of drug-likeness (QED) is 0.252. The normalized spacial score (nSPS) is 11.2. The van der Waals surface area contributed by atoms with Gasteiger partial charge in [-0.3, -0.25) is 0 Å². The second-order valence-corrected chi connectivity index (χ2v) is 10.7. The average Bonchev–Trinajstić information content (AvgIpc) is 3.54. The summed E-state index contributed by atoms with van der Waals surface area (Å²) in [4.78, 5) is 11.9. The Balaban J connectivity index is 1.75. The van der Waals surface area contributed by atoms with Gasteiger partial charge in [-0.05, 0) is 47.3 Å². The number of carbonyl (C=O) groups excluding carboxylic acids is 1. The van der Waals surface area contributed by atoms with E-state index in [2.05, 4.69) is 10.8 Å². The van der Waals surface area contributed by atoms with Gasteiger partial charge in [0.1, 0.15) is 16.7 Å². The summed E-state index contributed by atoms with van der Waals surface area (Å²) in [7, 11) is -2.84. The fourth-order valence-electron chi connectivity index (χ4n) is 4.20. The molecule has 5 rings (SSSR count). The number of nitrogens with zero attached hydrogens (tertiary/aromatic N) is 2. The molecule has 0 saturated heterocycles. The van der Waals surface area contributed by atoms with E-state index in [-0.39, 0.29) is 11.5 Å². The zero-order valence-electron chi connectivity index (χ0n) is 19.6. The van der Waals surface area contributed by atoms with Gasteiger partial charge in [0, 0.05) is 16.5 Å². The van der Waals surface area contributed by atoms with Crippen molar-refractivity contribution in [2.75, 3.05) is 13.7 Å². The zero-order valence-corrected chi connectivity index (χ0v) is 21.3.